The number of nitrogen functional groups attached to an aromatic ring is 1. The molecule has 0 saturated heterocycles. The highest BCUT2D eigenvalue weighted by molar-refractivity contribution is 6.31. The first-order valence-corrected chi connectivity index (χ1v) is 7.13. The zero-order valence-corrected chi connectivity index (χ0v) is 12.8. The maximum atomic E-state index is 6.17. The fourth-order valence-corrected chi connectivity index (χ4v) is 2.09. The molecule has 0 bridgehead atoms. The summed E-state index contributed by atoms with van der Waals surface area (Å²) < 4.78 is 5.38. The fourth-order valence-electron chi connectivity index (χ4n) is 1.79. The molecule has 0 aliphatic heterocycles. The van der Waals surface area contributed by atoms with Crippen LogP contribution in [0.1, 0.15) is 31.9 Å². The average molecular weight is 308 g/mol. The summed E-state index contributed by atoms with van der Waals surface area (Å²) in [7, 11) is 0. The first-order chi connectivity index (χ1) is 10.1. The van der Waals surface area contributed by atoms with Crippen molar-refractivity contribution in [1.82, 2.24) is 15.0 Å². The van der Waals surface area contributed by atoms with Gasteiger partial charge >= 0.3 is 6.01 Å². The highest BCUT2D eigenvalue weighted by Crippen LogP contribution is 2.25. The molecule has 0 amide bonds. The standard InChI is InChI=1S/C14H18ClN5O/c1-3-8-21-14-19-12(16)18-13(20-14)17-9(2)10-6-4-5-7-11(10)15/h4-7,9H,3,8H2,1-2H3,(H3,16,17,18,19,20). The summed E-state index contributed by atoms with van der Waals surface area (Å²) in [6.07, 6.45) is 0.865. The van der Waals surface area contributed by atoms with Crippen LogP contribution in [0, 0.1) is 0 Å². The molecule has 1 heterocycles. The summed E-state index contributed by atoms with van der Waals surface area (Å²) in [5.41, 5.74) is 6.62. The Morgan fingerprint density at radius 2 is 2.05 bits per heavy atom. The average Bonchev–Trinajstić information content (AvgIpc) is 2.45. The van der Waals surface area contributed by atoms with E-state index in [4.69, 9.17) is 22.1 Å². The number of ether oxygens (including phenoxy) is 1. The van der Waals surface area contributed by atoms with Crippen molar-refractivity contribution in [2.45, 2.75) is 26.3 Å². The first kappa shape index (κ1) is 15.3. The van der Waals surface area contributed by atoms with Gasteiger partial charge in [0.05, 0.1) is 12.6 Å². The minimum atomic E-state index is -0.0699. The number of nitrogens with one attached hydrogen (secondary N) is 1. The molecule has 1 aromatic heterocycles. The summed E-state index contributed by atoms with van der Waals surface area (Å²) in [6.45, 7) is 4.50. The predicted octanol–water partition coefficient (Wildman–Crippen LogP) is 3.07. The molecule has 7 heteroatoms. The van der Waals surface area contributed by atoms with Crippen molar-refractivity contribution in [2.75, 3.05) is 17.7 Å². The lowest BCUT2D eigenvalue weighted by atomic mass is 10.1. The lowest BCUT2D eigenvalue weighted by Gasteiger charge is -2.16. The Morgan fingerprint density at radius 1 is 1.29 bits per heavy atom. The van der Waals surface area contributed by atoms with Crippen molar-refractivity contribution in [3.05, 3.63) is 34.9 Å². The van der Waals surface area contributed by atoms with Crippen LogP contribution in [-0.4, -0.2) is 21.6 Å². The molecule has 0 saturated carbocycles. The molecular weight excluding hydrogens is 290 g/mol. The Kier molecular flexibility index (Phi) is 5.16. The van der Waals surface area contributed by atoms with Crippen molar-refractivity contribution >= 4 is 23.5 Å². The quantitative estimate of drug-likeness (QED) is 0.853. The van der Waals surface area contributed by atoms with Crippen molar-refractivity contribution < 1.29 is 4.74 Å². The van der Waals surface area contributed by atoms with Gasteiger partial charge in [-0.1, -0.05) is 36.7 Å². The Hall–Kier alpha value is -2.08. The van der Waals surface area contributed by atoms with E-state index in [1.807, 2.05) is 38.1 Å². The predicted molar refractivity (Wildman–Crippen MR) is 83.5 cm³/mol. The molecule has 0 fully saturated rings. The molecule has 21 heavy (non-hydrogen) atoms. The molecule has 1 atom stereocenters. The van der Waals surface area contributed by atoms with Gasteiger partial charge in [-0.2, -0.15) is 15.0 Å². The number of aromatic nitrogens is 3. The van der Waals surface area contributed by atoms with E-state index in [1.165, 1.54) is 0 Å². The van der Waals surface area contributed by atoms with Crippen LogP contribution in [0.5, 0.6) is 6.01 Å². The van der Waals surface area contributed by atoms with Gasteiger partial charge in [0.25, 0.3) is 0 Å². The minimum absolute atomic E-state index is 0.0699. The van der Waals surface area contributed by atoms with E-state index in [0.717, 1.165) is 12.0 Å². The third-order valence-electron chi connectivity index (χ3n) is 2.78. The number of hydrogen-bond acceptors (Lipinski definition) is 6. The highest BCUT2D eigenvalue weighted by atomic mass is 35.5. The third kappa shape index (κ3) is 4.19. The fraction of sp³-hybridized carbons (Fsp3) is 0.357. The first-order valence-electron chi connectivity index (χ1n) is 6.75. The van der Waals surface area contributed by atoms with E-state index in [-0.39, 0.29) is 18.0 Å². The molecule has 2 rings (SSSR count). The van der Waals surface area contributed by atoms with E-state index in [2.05, 4.69) is 20.3 Å². The van der Waals surface area contributed by atoms with Gasteiger partial charge in [0.15, 0.2) is 0 Å². The van der Waals surface area contributed by atoms with Crippen LogP contribution in [-0.2, 0) is 0 Å². The number of rotatable bonds is 6. The van der Waals surface area contributed by atoms with Crippen molar-refractivity contribution in [1.29, 1.82) is 0 Å². The number of benzene rings is 1. The second-order valence-electron chi connectivity index (χ2n) is 4.54. The van der Waals surface area contributed by atoms with Gasteiger partial charge < -0.3 is 15.8 Å². The number of nitrogens with zero attached hydrogens (tertiary/aromatic N) is 3. The summed E-state index contributed by atoms with van der Waals surface area (Å²) >= 11 is 6.17. The van der Waals surface area contributed by atoms with Gasteiger partial charge in [0, 0.05) is 5.02 Å². The molecule has 0 aliphatic rings. The zero-order chi connectivity index (χ0) is 15.2. The molecule has 1 aromatic carbocycles. The van der Waals surface area contributed by atoms with Crippen LogP contribution in [0.3, 0.4) is 0 Å². The summed E-state index contributed by atoms with van der Waals surface area (Å²) in [4.78, 5) is 12.2. The van der Waals surface area contributed by atoms with Gasteiger partial charge in [-0.3, -0.25) is 0 Å². The van der Waals surface area contributed by atoms with Crippen LogP contribution in [0.25, 0.3) is 0 Å². The van der Waals surface area contributed by atoms with E-state index in [1.54, 1.807) is 0 Å². The normalized spacial score (nSPS) is 12.0. The van der Waals surface area contributed by atoms with Crippen LogP contribution in [0.15, 0.2) is 24.3 Å². The van der Waals surface area contributed by atoms with Crippen LogP contribution < -0.4 is 15.8 Å². The number of halogens is 1. The smallest absolute Gasteiger partial charge is 0.323 e. The van der Waals surface area contributed by atoms with E-state index >= 15 is 0 Å². The molecule has 6 nitrogen and oxygen atoms in total. The Labute approximate surface area is 128 Å². The Morgan fingerprint density at radius 3 is 2.76 bits per heavy atom. The monoisotopic (exact) mass is 307 g/mol. The van der Waals surface area contributed by atoms with Gasteiger partial charge in [-0.25, -0.2) is 0 Å². The number of hydrogen-bond donors (Lipinski definition) is 2. The van der Waals surface area contributed by atoms with Crippen molar-refractivity contribution in [3.8, 4) is 6.01 Å². The largest absolute Gasteiger partial charge is 0.463 e. The van der Waals surface area contributed by atoms with Gasteiger partial charge in [0.1, 0.15) is 0 Å². The van der Waals surface area contributed by atoms with Crippen LogP contribution in [0.2, 0.25) is 5.02 Å². The maximum Gasteiger partial charge on any atom is 0.323 e. The van der Waals surface area contributed by atoms with E-state index in [0.29, 0.717) is 17.6 Å². The van der Waals surface area contributed by atoms with Crippen LogP contribution in [0.4, 0.5) is 11.9 Å². The molecule has 0 aliphatic carbocycles. The molecule has 2 aromatic rings. The second-order valence-corrected chi connectivity index (χ2v) is 4.94. The summed E-state index contributed by atoms with van der Waals surface area (Å²) in [5, 5.41) is 3.83. The lowest BCUT2D eigenvalue weighted by Crippen LogP contribution is -2.13. The van der Waals surface area contributed by atoms with E-state index < -0.39 is 0 Å². The molecule has 0 spiro atoms. The van der Waals surface area contributed by atoms with Gasteiger partial charge in [-0.15, -0.1) is 0 Å². The SMILES string of the molecule is CCCOc1nc(N)nc(NC(C)c2ccccc2Cl)n1. The summed E-state index contributed by atoms with van der Waals surface area (Å²) in [5.74, 6) is 0.478. The maximum absolute atomic E-state index is 6.17. The molecule has 0 radical (unpaired) electrons. The summed E-state index contributed by atoms with van der Waals surface area (Å²) in [6, 6.07) is 7.75. The lowest BCUT2D eigenvalue weighted by molar-refractivity contribution is 0.292. The van der Waals surface area contributed by atoms with Crippen molar-refractivity contribution in [2.24, 2.45) is 0 Å². The van der Waals surface area contributed by atoms with Crippen LogP contribution >= 0.6 is 11.6 Å². The molecule has 3 N–H and O–H groups in total. The Bertz CT molecular complexity index is 608. The third-order valence-corrected chi connectivity index (χ3v) is 3.13. The molecule has 112 valence electrons. The number of anilines is 2. The molecule has 1 unspecified atom stereocenters. The topological polar surface area (TPSA) is 86.0 Å². The van der Waals surface area contributed by atoms with E-state index in [9.17, 15) is 0 Å². The van der Waals surface area contributed by atoms with Gasteiger partial charge in [-0.05, 0) is 25.0 Å². The Balaban J connectivity index is 2.15. The highest BCUT2D eigenvalue weighted by Gasteiger charge is 2.12. The zero-order valence-electron chi connectivity index (χ0n) is 12.0. The number of nitrogens with two attached hydrogens (primary N) is 1. The molecular formula is C14H18ClN5O. The minimum Gasteiger partial charge on any atom is -0.463 e. The van der Waals surface area contributed by atoms with Crippen molar-refractivity contribution in [3.63, 3.8) is 0 Å². The second kappa shape index (κ2) is 7.08. The van der Waals surface area contributed by atoms with Gasteiger partial charge in [0.2, 0.25) is 11.9 Å².